The first kappa shape index (κ1) is 15.6. The maximum atomic E-state index is 13.3. The number of benzene rings is 2. The summed E-state index contributed by atoms with van der Waals surface area (Å²) in [4.78, 5) is -0.128. The number of hydrogen-bond acceptors (Lipinski definition) is 3. The van der Waals surface area contributed by atoms with Crippen molar-refractivity contribution in [3.63, 3.8) is 0 Å². The lowest BCUT2D eigenvalue weighted by molar-refractivity contribution is 0.259. The lowest BCUT2D eigenvalue weighted by Crippen LogP contribution is -2.31. The summed E-state index contributed by atoms with van der Waals surface area (Å²) in [6.45, 7) is 1.20. The van der Waals surface area contributed by atoms with E-state index in [4.69, 9.17) is 0 Å². The molecule has 112 valence electrons. The summed E-state index contributed by atoms with van der Waals surface area (Å²) < 4.78 is 40.4. The number of aryl methyl sites for hydroxylation is 1. The molecule has 2 N–H and O–H groups in total. The van der Waals surface area contributed by atoms with Crippen LogP contribution in [0.1, 0.15) is 17.2 Å². The molecule has 0 bridgehead atoms. The molecule has 6 heteroatoms. The first-order chi connectivity index (χ1) is 9.94. The van der Waals surface area contributed by atoms with Gasteiger partial charge in [-0.3, -0.25) is 0 Å². The molecule has 0 saturated heterocycles. The van der Waals surface area contributed by atoms with E-state index < -0.39 is 28.5 Å². The van der Waals surface area contributed by atoms with Crippen LogP contribution in [-0.4, -0.2) is 20.1 Å². The maximum Gasteiger partial charge on any atom is 0.241 e. The number of aliphatic hydroxyl groups excluding tert-OH is 1. The van der Waals surface area contributed by atoms with Gasteiger partial charge in [-0.05, 0) is 30.2 Å². The van der Waals surface area contributed by atoms with E-state index in [1.165, 1.54) is 12.1 Å². The number of halogens is 1. The standard InChI is InChI=1S/C15H16FNO3S/c1-11-7-8-13(16)9-15(11)21(19,20)17-14(10-18)12-5-3-2-4-6-12/h2-9,14,17-18H,10H2,1H3/t14-/m1/s1. The molecule has 2 aromatic rings. The summed E-state index contributed by atoms with van der Waals surface area (Å²) in [5.74, 6) is -0.624. The fraction of sp³-hybridized carbons (Fsp3) is 0.200. The molecule has 0 aliphatic carbocycles. The second-order valence-electron chi connectivity index (χ2n) is 4.68. The second kappa shape index (κ2) is 6.34. The summed E-state index contributed by atoms with van der Waals surface area (Å²) in [5, 5.41) is 9.41. The molecule has 21 heavy (non-hydrogen) atoms. The first-order valence-electron chi connectivity index (χ1n) is 6.38. The van der Waals surface area contributed by atoms with E-state index >= 15 is 0 Å². The van der Waals surface area contributed by atoms with Gasteiger partial charge in [-0.2, -0.15) is 0 Å². The summed E-state index contributed by atoms with van der Waals surface area (Å²) in [6.07, 6.45) is 0. The summed E-state index contributed by atoms with van der Waals surface area (Å²) in [5.41, 5.74) is 1.08. The zero-order valence-electron chi connectivity index (χ0n) is 11.5. The Morgan fingerprint density at radius 3 is 2.48 bits per heavy atom. The molecule has 1 atom stereocenters. The highest BCUT2D eigenvalue weighted by molar-refractivity contribution is 7.89. The van der Waals surface area contributed by atoms with E-state index in [1.807, 2.05) is 0 Å². The highest BCUT2D eigenvalue weighted by atomic mass is 32.2. The predicted octanol–water partition coefficient (Wildman–Crippen LogP) is 2.15. The Kier molecular flexibility index (Phi) is 4.72. The number of sulfonamides is 1. The molecule has 4 nitrogen and oxygen atoms in total. The van der Waals surface area contributed by atoms with Gasteiger partial charge in [0.25, 0.3) is 0 Å². The van der Waals surface area contributed by atoms with Crippen molar-refractivity contribution in [2.45, 2.75) is 17.9 Å². The van der Waals surface area contributed by atoms with Crippen molar-refractivity contribution in [3.05, 3.63) is 65.5 Å². The molecule has 0 aliphatic rings. The van der Waals surface area contributed by atoms with Crippen LogP contribution in [0.25, 0.3) is 0 Å². The average Bonchev–Trinajstić information content (AvgIpc) is 2.48. The lowest BCUT2D eigenvalue weighted by atomic mass is 10.1. The normalized spacial score (nSPS) is 13.1. The quantitative estimate of drug-likeness (QED) is 0.889. The predicted molar refractivity (Wildman–Crippen MR) is 77.7 cm³/mol. The fourth-order valence-electron chi connectivity index (χ4n) is 2.01. The number of rotatable bonds is 5. The maximum absolute atomic E-state index is 13.3. The summed E-state index contributed by atoms with van der Waals surface area (Å²) in [6, 6.07) is 11.5. The van der Waals surface area contributed by atoms with Crippen LogP contribution in [0, 0.1) is 12.7 Å². The van der Waals surface area contributed by atoms with E-state index in [0.29, 0.717) is 11.1 Å². The Balaban J connectivity index is 2.34. The van der Waals surface area contributed by atoms with Gasteiger partial charge in [-0.15, -0.1) is 0 Å². The molecule has 0 aromatic heterocycles. The summed E-state index contributed by atoms with van der Waals surface area (Å²) in [7, 11) is -3.92. The topological polar surface area (TPSA) is 66.4 Å². The largest absolute Gasteiger partial charge is 0.394 e. The molecule has 0 aliphatic heterocycles. The molecular weight excluding hydrogens is 293 g/mol. The van der Waals surface area contributed by atoms with Crippen molar-refractivity contribution in [3.8, 4) is 0 Å². The fourth-order valence-corrected chi connectivity index (χ4v) is 3.48. The Morgan fingerprint density at radius 2 is 1.86 bits per heavy atom. The zero-order chi connectivity index (χ0) is 15.5. The van der Waals surface area contributed by atoms with Crippen molar-refractivity contribution >= 4 is 10.0 Å². The van der Waals surface area contributed by atoms with Crippen molar-refractivity contribution in [2.24, 2.45) is 0 Å². The van der Waals surface area contributed by atoms with E-state index in [9.17, 15) is 17.9 Å². The molecule has 0 heterocycles. The van der Waals surface area contributed by atoms with Crippen LogP contribution < -0.4 is 4.72 Å². The number of hydrogen-bond donors (Lipinski definition) is 2. The third-order valence-corrected chi connectivity index (χ3v) is 4.74. The molecule has 0 unspecified atom stereocenters. The Labute approximate surface area is 123 Å². The number of aliphatic hydroxyl groups is 1. The van der Waals surface area contributed by atoms with Gasteiger partial charge in [0.2, 0.25) is 10.0 Å². The molecule has 0 radical (unpaired) electrons. The van der Waals surface area contributed by atoms with E-state index in [-0.39, 0.29) is 4.90 Å². The van der Waals surface area contributed by atoms with Crippen LogP contribution in [0.4, 0.5) is 4.39 Å². The van der Waals surface area contributed by atoms with Crippen LogP contribution in [0.5, 0.6) is 0 Å². The lowest BCUT2D eigenvalue weighted by Gasteiger charge is -2.17. The van der Waals surface area contributed by atoms with Gasteiger partial charge in [0.05, 0.1) is 17.5 Å². The number of nitrogens with one attached hydrogen (secondary N) is 1. The SMILES string of the molecule is Cc1ccc(F)cc1S(=O)(=O)N[C@H](CO)c1ccccc1. The van der Waals surface area contributed by atoms with Gasteiger partial charge in [-0.25, -0.2) is 17.5 Å². The van der Waals surface area contributed by atoms with Gasteiger partial charge >= 0.3 is 0 Å². The third kappa shape index (κ3) is 3.66. The monoisotopic (exact) mass is 309 g/mol. The minimum Gasteiger partial charge on any atom is -0.394 e. The molecule has 0 amide bonds. The minimum absolute atomic E-state index is 0.128. The van der Waals surface area contributed by atoms with Gasteiger partial charge in [0.15, 0.2) is 0 Å². The molecule has 0 spiro atoms. The van der Waals surface area contributed by atoms with Crippen molar-refractivity contribution in [1.82, 2.24) is 4.72 Å². The molecule has 2 rings (SSSR count). The minimum atomic E-state index is -3.92. The van der Waals surface area contributed by atoms with Crippen molar-refractivity contribution in [2.75, 3.05) is 6.61 Å². The highest BCUT2D eigenvalue weighted by Gasteiger charge is 2.22. The van der Waals surface area contributed by atoms with Gasteiger partial charge in [0.1, 0.15) is 5.82 Å². The van der Waals surface area contributed by atoms with E-state index in [1.54, 1.807) is 37.3 Å². The van der Waals surface area contributed by atoms with E-state index in [2.05, 4.69) is 4.72 Å². The highest BCUT2D eigenvalue weighted by Crippen LogP contribution is 2.20. The van der Waals surface area contributed by atoms with Crippen molar-refractivity contribution in [1.29, 1.82) is 0 Å². The molecule has 2 aromatic carbocycles. The second-order valence-corrected chi connectivity index (χ2v) is 6.36. The van der Waals surface area contributed by atoms with Crippen LogP contribution in [-0.2, 0) is 10.0 Å². The van der Waals surface area contributed by atoms with Crippen LogP contribution in [0.15, 0.2) is 53.4 Å². The molecule has 0 saturated carbocycles. The van der Waals surface area contributed by atoms with Gasteiger partial charge in [0, 0.05) is 0 Å². The molecular formula is C15H16FNO3S. The average molecular weight is 309 g/mol. The van der Waals surface area contributed by atoms with Crippen LogP contribution in [0.2, 0.25) is 0 Å². The molecule has 0 fully saturated rings. The van der Waals surface area contributed by atoms with E-state index in [0.717, 1.165) is 6.07 Å². The summed E-state index contributed by atoms with van der Waals surface area (Å²) >= 11 is 0. The van der Waals surface area contributed by atoms with Gasteiger partial charge in [-0.1, -0.05) is 36.4 Å². The Morgan fingerprint density at radius 1 is 1.19 bits per heavy atom. The first-order valence-corrected chi connectivity index (χ1v) is 7.86. The smallest absolute Gasteiger partial charge is 0.241 e. The van der Waals surface area contributed by atoms with Crippen LogP contribution in [0.3, 0.4) is 0 Å². The van der Waals surface area contributed by atoms with Crippen LogP contribution >= 0.6 is 0 Å². The zero-order valence-corrected chi connectivity index (χ0v) is 12.3. The van der Waals surface area contributed by atoms with Gasteiger partial charge < -0.3 is 5.11 Å². The van der Waals surface area contributed by atoms with Crippen molar-refractivity contribution < 1.29 is 17.9 Å². The Bertz CT molecular complexity index is 717. The Hall–Kier alpha value is -1.76. The third-order valence-electron chi connectivity index (χ3n) is 3.12.